The van der Waals surface area contributed by atoms with Crippen molar-refractivity contribution >= 4 is 18.3 Å². The van der Waals surface area contributed by atoms with E-state index in [1.807, 2.05) is 29.2 Å². The summed E-state index contributed by atoms with van der Waals surface area (Å²) in [4.78, 5) is 14.3. The average molecular weight is 327 g/mol. The molecule has 0 atom stereocenters. The van der Waals surface area contributed by atoms with Crippen molar-refractivity contribution in [2.75, 3.05) is 19.7 Å². The Balaban J connectivity index is 0.00000242. The van der Waals surface area contributed by atoms with Gasteiger partial charge in [0, 0.05) is 31.8 Å². The van der Waals surface area contributed by atoms with Crippen molar-refractivity contribution in [3.05, 3.63) is 35.4 Å². The van der Waals surface area contributed by atoms with Crippen molar-refractivity contribution < 1.29 is 9.53 Å². The summed E-state index contributed by atoms with van der Waals surface area (Å²) in [6, 6.07) is 7.58. The number of carbonyl (C=O) groups excluding carboxylic acids is 1. The number of rotatable bonds is 5. The average Bonchev–Trinajstić information content (AvgIpc) is 2.53. The summed E-state index contributed by atoms with van der Waals surface area (Å²) >= 11 is 0. The second kappa shape index (κ2) is 9.13. The number of nitrogens with two attached hydrogens (primary N) is 1. The summed E-state index contributed by atoms with van der Waals surface area (Å²) in [5.74, 6) is 0.673. The number of ether oxygens (including phenoxy) is 1. The van der Waals surface area contributed by atoms with Crippen LogP contribution in [0.4, 0.5) is 0 Å². The summed E-state index contributed by atoms with van der Waals surface area (Å²) in [5, 5.41) is 0. The number of benzene rings is 1. The van der Waals surface area contributed by atoms with E-state index in [1.165, 1.54) is 0 Å². The number of piperidine rings is 1. The minimum atomic E-state index is 0. The third kappa shape index (κ3) is 5.27. The van der Waals surface area contributed by atoms with E-state index in [0.717, 1.165) is 43.7 Å². The lowest BCUT2D eigenvalue weighted by Gasteiger charge is -2.32. The predicted octanol–water partition coefficient (Wildman–Crippen LogP) is 2.84. The maximum Gasteiger partial charge on any atom is 0.253 e. The molecule has 1 fully saturated rings. The van der Waals surface area contributed by atoms with Crippen molar-refractivity contribution in [1.29, 1.82) is 0 Å². The second-order valence-electron chi connectivity index (χ2n) is 6.12. The molecule has 0 unspecified atom stereocenters. The summed E-state index contributed by atoms with van der Waals surface area (Å²) in [5.41, 5.74) is 7.37. The van der Waals surface area contributed by atoms with Crippen LogP contribution in [0.15, 0.2) is 24.3 Å². The van der Waals surface area contributed by atoms with Crippen molar-refractivity contribution in [3.63, 3.8) is 0 Å². The fraction of sp³-hybridized carbons (Fsp3) is 0.588. The van der Waals surface area contributed by atoms with E-state index in [-0.39, 0.29) is 18.3 Å². The molecular weight excluding hydrogens is 300 g/mol. The van der Waals surface area contributed by atoms with Crippen LogP contribution < -0.4 is 5.73 Å². The Labute approximate surface area is 139 Å². The molecule has 1 heterocycles. The molecule has 0 aliphatic carbocycles. The molecular formula is C17H27ClN2O2. The topological polar surface area (TPSA) is 55.6 Å². The predicted molar refractivity (Wildman–Crippen MR) is 91.3 cm³/mol. The first-order valence-electron chi connectivity index (χ1n) is 7.80. The van der Waals surface area contributed by atoms with Gasteiger partial charge in [-0.05, 0) is 36.5 Å². The first kappa shape index (κ1) is 18.9. The van der Waals surface area contributed by atoms with Crippen LogP contribution in [-0.2, 0) is 11.3 Å². The van der Waals surface area contributed by atoms with Gasteiger partial charge < -0.3 is 15.4 Å². The van der Waals surface area contributed by atoms with Gasteiger partial charge in [-0.3, -0.25) is 4.79 Å². The number of amides is 1. The number of halogens is 1. The maximum absolute atomic E-state index is 12.4. The summed E-state index contributed by atoms with van der Waals surface area (Å²) in [6.45, 7) is 7.18. The summed E-state index contributed by atoms with van der Waals surface area (Å²) in [6.07, 6.45) is 2.16. The standard InChI is InChI=1S/C17H26N2O2.ClH/c1-13(2)12-21-16-7-9-19(10-8-16)17(20)15-5-3-14(11-18)4-6-15;/h3-6,13,16H,7-12,18H2,1-2H3;1H. The van der Waals surface area contributed by atoms with E-state index in [1.54, 1.807) is 0 Å². The first-order chi connectivity index (χ1) is 10.1. The summed E-state index contributed by atoms with van der Waals surface area (Å²) < 4.78 is 5.86. The van der Waals surface area contributed by atoms with E-state index >= 15 is 0 Å². The molecule has 0 spiro atoms. The van der Waals surface area contributed by atoms with Gasteiger partial charge in [-0.25, -0.2) is 0 Å². The second-order valence-corrected chi connectivity index (χ2v) is 6.12. The van der Waals surface area contributed by atoms with Crippen molar-refractivity contribution in [1.82, 2.24) is 4.90 Å². The van der Waals surface area contributed by atoms with E-state index in [9.17, 15) is 4.79 Å². The zero-order chi connectivity index (χ0) is 15.2. The quantitative estimate of drug-likeness (QED) is 0.905. The molecule has 2 rings (SSSR count). The lowest BCUT2D eigenvalue weighted by Crippen LogP contribution is -2.41. The Kier molecular flexibility index (Phi) is 7.87. The highest BCUT2D eigenvalue weighted by Gasteiger charge is 2.24. The normalized spacial score (nSPS) is 15.7. The number of carbonyl (C=O) groups is 1. The molecule has 1 aromatic carbocycles. The fourth-order valence-corrected chi connectivity index (χ4v) is 2.52. The van der Waals surface area contributed by atoms with Gasteiger partial charge >= 0.3 is 0 Å². The molecule has 4 nitrogen and oxygen atoms in total. The molecule has 1 saturated heterocycles. The molecule has 1 aliphatic heterocycles. The Morgan fingerprint density at radius 1 is 1.27 bits per heavy atom. The maximum atomic E-state index is 12.4. The molecule has 2 N–H and O–H groups in total. The van der Waals surface area contributed by atoms with Gasteiger partial charge in [0.2, 0.25) is 0 Å². The molecule has 0 radical (unpaired) electrons. The molecule has 124 valence electrons. The molecule has 1 amide bonds. The molecule has 0 aromatic heterocycles. The van der Waals surface area contributed by atoms with E-state index in [0.29, 0.717) is 18.6 Å². The SMILES string of the molecule is CC(C)COC1CCN(C(=O)c2ccc(CN)cc2)CC1.Cl. The summed E-state index contributed by atoms with van der Waals surface area (Å²) in [7, 11) is 0. The lowest BCUT2D eigenvalue weighted by molar-refractivity contribution is -0.00231. The zero-order valence-corrected chi connectivity index (χ0v) is 14.3. The third-order valence-electron chi connectivity index (χ3n) is 3.83. The Morgan fingerprint density at radius 2 is 1.86 bits per heavy atom. The highest BCUT2D eigenvalue weighted by molar-refractivity contribution is 5.94. The van der Waals surface area contributed by atoms with Crippen LogP contribution in [0.25, 0.3) is 0 Å². The number of nitrogens with zero attached hydrogens (tertiary/aromatic N) is 1. The van der Waals surface area contributed by atoms with Crippen LogP contribution in [0.5, 0.6) is 0 Å². The van der Waals surface area contributed by atoms with Gasteiger partial charge in [-0.15, -0.1) is 12.4 Å². The molecule has 0 bridgehead atoms. The van der Waals surface area contributed by atoms with Crippen LogP contribution in [0, 0.1) is 5.92 Å². The minimum Gasteiger partial charge on any atom is -0.378 e. The Bertz CT molecular complexity index is 454. The van der Waals surface area contributed by atoms with Crippen LogP contribution >= 0.6 is 12.4 Å². The Morgan fingerprint density at radius 3 is 2.36 bits per heavy atom. The largest absolute Gasteiger partial charge is 0.378 e. The van der Waals surface area contributed by atoms with Crippen molar-refractivity contribution in [2.24, 2.45) is 11.7 Å². The van der Waals surface area contributed by atoms with Crippen molar-refractivity contribution in [2.45, 2.75) is 39.3 Å². The molecule has 1 aromatic rings. The van der Waals surface area contributed by atoms with Crippen LogP contribution in [-0.4, -0.2) is 36.6 Å². The van der Waals surface area contributed by atoms with Crippen molar-refractivity contribution in [3.8, 4) is 0 Å². The molecule has 5 heteroatoms. The van der Waals surface area contributed by atoms with Gasteiger partial charge in [0.15, 0.2) is 0 Å². The molecule has 22 heavy (non-hydrogen) atoms. The van der Waals surface area contributed by atoms with Crippen LogP contribution in [0.1, 0.15) is 42.6 Å². The smallest absolute Gasteiger partial charge is 0.253 e. The van der Waals surface area contributed by atoms with Gasteiger partial charge in [0.25, 0.3) is 5.91 Å². The first-order valence-corrected chi connectivity index (χ1v) is 7.80. The lowest BCUT2D eigenvalue weighted by atomic mass is 10.1. The zero-order valence-electron chi connectivity index (χ0n) is 13.5. The number of hydrogen-bond donors (Lipinski definition) is 1. The highest BCUT2D eigenvalue weighted by Crippen LogP contribution is 2.17. The van der Waals surface area contributed by atoms with Gasteiger partial charge in [0.05, 0.1) is 6.10 Å². The monoisotopic (exact) mass is 326 g/mol. The minimum absolute atomic E-state index is 0. The highest BCUT2D eigenvalue weighted by atomic mass is 35.5. The van der Waals surface area contributed by atoms with E-state index in [2.05, 4.69) is 13.8 Å². The van der Waals surface area contributed by atoms with Gasteiger partial charge in [0.1, 0.15) is 0 Å². The van der Waals surface area contributed by atoms with Gasteiger partial charge in [-0.1, -0.05) is 26.0 Å². The van der Waals surface area contributed by atoms with Crippen LogP contribution in [0.2, 0.25) is 0 Å². The van der Waals surface area contributed by atoms with Crippen LogP contribution in [0.3, 0.4) is 0 Å². The van der Waals surface area contributed by atoms with Gasteiger partial charge in [-0.2, -0.15) is 0 Å². The number of likely N-dealkylation sites (tertiary alicyclic amines) is 1. The molecule has 0 saturated carbocycles. The van der Waals surface area contributed by atoms with E-state index in [4.69, 9.17) is 10.5 Å². The third-order valence-corrected chi connectivity index (χ3v) is 3.83. The van der Waals surface area contributed by atoms with E-state index < -0.39 is 0 Å². The number of hydrogen-bond acceptors (Lipinski definition) is 3. The molecule has 1 aliphatic rings. The fourth-order valence-electron chi connectivity index (χ4n) is 2.52. The Hall–Kier alpha value is -1.10.